The second-order valence-electron chi connectivity index (χ2n) is 8.68. The van der Waals surface area contributed by atoms with Crippen LogP contribution in [0.3, 0.4) is 0 Å². The third-order valence-corrected chi connectivity index (χ3v) is 7.71. The lowest BCUT2D eigenvalue weighted by molar-refractivity contribution is -0.140. The van der Waals surface area contributed by atoms with Crippen molar-refractivity contribution in [2.24, 2.45) is 0 Å². The fourth-order valence-corrected chi connectivity index (χ4v) is 4.78. The molecule has 0 fully saturated rings. The van der Waals surface area contributed by atoms with Crippen LogP contribution >= 0.6 is 23.2 Å². The van der Waals surface area contributed by atoms with Crippen molar-refractivity contribution in [2.45, 2.75) is 58.7 Å². The van der Waals surface area contributed by atoms with E-state index in [1.807, 2.05) is 13.8 Å². The molecule has 0 bridgehead atoms. The van der Waals surface area contributed by atoms with Crippen molar-refractivity contribution in [1.82, 2.24) is 10.2 Å². The van der Waals surface area contributed by atoms with Gasteiger partial charge in [-0.1, -0.05) is 36.2 Å². The second-order valence-corrected chi connectivity index (χ2v) is 11.4. The van der Waals surface area contributed by atoms with E-state index in [9.17, 15) is 22.4 Å². The summed E-state index contributed by atoms with van der Waals surface area (Å²) in [5.41, 5.74) is 1.00. The van der Waals surface area contributed by atoms with Gasteiger partial charge in [0.25, 0.3) is 0 Å². The summed E-state index contributed by atoms with van der Waals surface area (Å²) in [6.45, 7) is 5.62. The summed E-state index contributed by atoms with van der Waals surface area (Å²) < 4.78 is 39.1. The van der Waals surface area contributed by atoms with Gasteiger partial charge < -0.3 is 10.2 Å². The molecule has 11 heteroatoms. The number of carbonyl (C=O) groups excluding carboxylic acids is 2. The highest BCUT2D eigenvalue weighted by Gasteiger charge is 2.27. The lowest BCUT2D eigenvalue weighted by atomic mass is 10.1. The van der Waals surface area contributed by atoms with Crippen molar-refractivity contribution in [3.05, 3.63) is 63.9 Å². The summed E-state index contributed by atoms with van der Waals surface area (Å²) in [5, 5.41) is 3.60. The maximum Gasteiger partial charge on any atom is 0.242 e. The Kier molecular flexibility index (Phi) is 11.0. The number of hydrogen-bond donors (Lipinski definition) is 1. The fraction of sp³-hybridized carbons (Fsp3) is 0.440. The van der Waals surface area contributed by atoms with E-state index in [0.717, 1.165) is 17.0 Å². The lowest BCUT2D eigenvalue weighted by Gasteiger charge is -2.30. The largest absolute Gasteiger partial charge is 0.352 e. The van der Waals surface area contributed by atoms with Crippen LogP contribution in [-0.4, -0.2) is 50.0 Å². The first-order valence-corrected chi connectivity index (χ1v) is 14.2. The average Bonchev–Trinajstić information content (AvgIpc) is 2.81. The predicted molar refractivity (Wildman–Crippen MR) is 142 cm³/mol. The van der Waals surface area contributed by atoms with Gasteiger partial charge in [0.15, 0.2) is 0 Å². The van der Waals surface area contributed by atoms with Gasteiger partial charge in [0, 0.05) is 25.6 Å². The highest BCUT2D eigenvalue weighted by molar-refractivity contribution is 7.92. The molecule has 0 unspecified atom stereocenters. The van der Waals surface area contributed by atoms with Crippen LogP contribution in [0.5, 0.6) is 0 Å². The molecule has 0 radical (unpaired) electrons. The van der Waals surface area contributed by atoms with E-state index < -0.39 is 21.9 Å². The third-order valence-electron chi connectivity index (χ3n) is 5.77. The van der Waals surface area contributed by atoms with Crippen molar-refractivity contribution in [3.63, 3.8) is 0 Å². The molecule has 2 aromatic rings. The number of anilines is 1. The molecular formula is C25H32Cl2FN3O4S. The number of nitrogens with zero attached hydrogens (tertiary/aromatic N) is 2. The fourth-order valence-electron chi connectivity index (χ4n) is 3.49. The Labute approximate surface area is 222 Å². The van der Waals surface area contributed by atoms with Gasteiger partial charge in [-0.25, -0.2) is 12.8 Å². The Morgan fingerprint density at radius 1 is 1.06 bits per heavy atom. The van der Waals surface area contributed by atoms with E-state index in [1.165, 1.54) is 29.2 Å². The molecule has 0 saturated heterocycles. The number of carbonyl (C=O) groups is 2. The zero-order valence-corrected chi connectivity index (χ0v) is 23.1. The molecule has 36 heavy (non-hydrogen) atoms. The molecule has 0 aliphatic rings. The van der Waals surface area contributed by atoms with Gasteiger partial charge in [-0.3, -0.25) is 13.9 Å². The predicted octanol–water partition coefficient (Wildman–Crippen LogP) is 5.01. The molecule has 0 heterocycles. The molecule has 0 aliphatic heterocycles. The van der Waals surface area contributed by atoms with Crippen LogP contribution in [-0.2, 0) is 26.2 Å². The maximum absolute atomic E-state index is 13.3. The summed E-state index contributed by atoms with van der Waals surface area (Å²) in [7, 11) is -3.66. The number of hydrogen-bond acceptors (Lipinski definition) is 4. The maximum atomic E-state index is 13.3. The Bertz CT molecular complexity index is 1160. The van der Waals surface area contributed by atoms with Crippen LogP contribution in [0.25, 0.3) is 0 Å². The zero-order chi connectivity index (χ0) is 27.0. The van der Waals surface area contributed by atoms with E-state index in [2.05, 4.69) is 5.32 Å². The van der Waals surface area contributed by atoms with E-state index >= 15 is 0 Å². The number of halogens is 3. The minimum Gasteiger partial charge on any atom is -0.352 e. The van der Waals surface area contributed by atoms with Gasteiger partial charge in [-0.05, 0) is 68.7 Å². The summed E-state index contributed by atoms with van der Waals surface area (Å²) in [6, 6.07) is 9.26. The van der Waals surface area contributed by atoms with Crippen molar-refractivity contribution < 1.29 is 22.4 Å². The monoisotopic (exact) mass is 559 g/mol. The third kappa shape index (κ3) is 8.64. The molecule has 1 N–H and O–H groups in total. The average molecular weight is 561 g/mol. The quantitative estimate of drug-likeness (QED) is 0.396. The summed E-state index contributed by atoms with van der Waals surface area (Å²) >= 11 is 12.1. The van der Waals surface area contributed by atoms with Crippen molar-refractivity contribution >= 4 is 50.7 Å². The first-order chi connectivity index (χ1) is 16.8. The van der Waals surface area contributed by atoms with E-state index in [-0.39, 0.29) is 43.8 Å². The number of nitrogens with one attached hydrogen (secondary N) is 1. The van der Waals surface area contributed by atoms with Crippen LogP contribution in [0.2, 0.25) is 10.0 Å². The molecule has 0 aromatic heterocycles. The molecule has 0 aliphatic carbocycles. The molecule has 0 spiro atoms. The molecule has 198 valence electrons. The molecule has 2 amide bonds. The molecule has 2 atom stereocenters. The number of rotatable bonds is 12. The summed E-state index contributed by atoms with van der Waals surface area (Å²) in [4.78, 5) is 27.6. The lowest BCUT2D eigenvalue weighted by Crippen LogP contribution is -2.49. The second kappa shape index (κ2) is 13.3. The van der Waals surface area contributed by atoms with Crippen molar-refractivity contribution in [2.75, 3.05) is 17.1 Å². The summed E-state index contributed by atoms with van der Waals surface area (Å²) in [6.07, 6.45) is 1.98. The Balaban J connectivity index is 2.19. The van der Waals surface area contributed by atoms with Crippen LogP contribution in [0, 0.1) is 5.82 Å². The zero-order valence-electron chi connectivity index (χ0n) is 20.8. The van der Waals surface area contributed by atoms with Gasteiger partial charge in [0.05, 0.1) is 22.0 Å². The topological polar surface area (TPSA) is 86.8 Å². The minimum atomic E-state index is -3.66. The minimum absolute atomic E-state index is 0.00448. The Morgan fingerprint density at radius 2 is 1.69 bits per heavy atom. The van der Waals surface area contributed by atoms with Crippen molar-refractivity contribution in [1.29, 1.82) is 0 Å². The smallest absolute Gasteiger partial charge is 0.242 e. The van der Waals surface area contributed by atoms with Crippen LogP contribution in [0.1, 0.15) is 45.6 Å². The Morgan fingerprint density at radius 3 is 2.25 bits per heavy atom. The van der Waals surface area contributed by atoms with E-state index in [4.69, 9.17) is 23.2 Å². The first kappa shape index (κ1) is 29.9. The highest BCUT2D eigenvalue weighted by Crippen LogP contribution is 2.24. The Hall–Kier alpha value is -2.36. The van der Waals surface area contributed by atoms with Gasteiger partial charge in [-0.15, -0.1) is 0 Å². The molecular weight excluding hydrogens is 528 g/mol. The van der Waals surface area contributed by atoms with Crippen LogP contribution in [0.15, 0.2) is 42.5 Å². The molecule has 2 aromatic carbocycles. The van der Waals surface area contributed by atoms with Gasteiger partial charge in [-0.2, -0.15) is 0 Å². The number of benzene rings is 2. The molecule has 2 rings (SSSR count). The van der Waals surface area contributed by atoms with E-state index in [0.29, 0.717) is 21.3 Å². The van der Waals surface area contributed by atoms with Crippen LogP contribution < -0.4 is 9.62 Å². The first-order valence-electron chi connectivity index (χ1n) is 11.6. The molecule has 0 saturated carbocycles. The van der Waals surface area contributed by atoms with Crippen LogP contribution in [0.4, 0.5) is 10.1 Å². The van der Waals surface area contributed by atoms with Gasteiger partial charge in [0.1, 0.15) is 11.9 Å². The van der Waals surface area contributed by atoms with Gasteiger partial charge >= 0.3 is 0 Å². The number of sulfonamides is 1. The van der Waals surface area contributed by atoms with E-state index in [1.54, 1.807) is 25.1 Å². The van der Waals surface area contributed by atoms with Crippen molar-refractivity contribution in [3.8, 4) is 0 Å². The normalized spacial score (nSPS) is 13.1. The van der Waals surface area contributed by atoms with Gasteiger partial charge in [0.2, 0.25) is 21.8 Å². The number of amides is 2. The standard InChI is InChI=1S/C25H32Cl2FN3O4S/c1-5-17(2)29-25(33)18(3)30(16-19-8-13-22(26)23(27)15-19)24(32)7-6-14-31(36(4,34)35)21-11-9-20(28)10-12-21/h8-13,15,17-18H,5-7,14,16H2,1-4H3,(H,29,33)/t17-,18-/m1/s1. The SMILES string of the molecule is CC[C@@H](C)NC(=O)[C@@H](C)N(Cc1ccc(Cl)c(Cl)c1)C(=O)CCCN(c1ccc(F)cc1)S(C)(=O)=O. The summed E-state index contributed by atoms with van der Waals surface area (Å²) in [5.74, 6) is -1.09. The molecule has 7 nitrogen and oxygen atoms in total. The highest BCUT2D eigenvalue weighted by atomic mass is 35.5.